The number of aryl methyl sites for hydroxylation is 2. The van der Waals surface area contributed by atoms with E-state index in [0.717, 1.165) is 6.42 Å². The van der Waals surface area contributed by atoms with E-state index in [4.69, 9.17) is 5.73 Å². The summed E-state index contributed by atoms with van der Waals surface area (Å²) in [5, 5.41) is 4.34. The Kier molecular flexibility index (Phi) is 3.29. The second-order valence-electron chi connectivity index (χ2n) is 4.69. The molecule has 0 amide bonds. The highest BCUT2D eigenvalue weighted by Crippen LogP contribution is 2.24. The van der Waals surface area contributed by atoms with Crippen LogP contribution in [-0.2, 0) is 13.5 Å². The molecule has 2 aromatic rings. The summed E-state index contributed by atoms with van der Waals surface area (Å²) in [4.78, 5) is 0. The number of benzene rings is 1. The van der Waals surface area contributed by atoms with E-state index in [1.807, 2.05) is 24.9 Å². The molecule has 0 fully saturated rings. The van der Waals surface area contributed by atoms with Crippen LogP contribution < -0.4 is 5.73 Å². The molecule has 2 N–H and O–H groups in total. The van der Waals surface area contributed by atoms with Crippen molar-refractivity contribution in [3.63, 3.8) is 0 Å². The van der Waals surface area contributed by atoms with Crippen LogP contribution in [0.25, 0.3) is 11.3 Å². The lowest BCUT2D eigenvalue weighted by Gasteiger charge is -2.09. The van der Waals surface area contributed by atoms with Gasteiger partial charge in [0.25, 0.3) is 0 Å². The van der Waals surface area contributed by atoms with Crippen LogP contribution >= 0.6 is 0 Å². The molecule has 3 nitrogen and oxygen atoms in total. The van der Waals surface area contributed by atoms with Crippen molar-refractivity contribution in [3.8, 4) is 11.3 Å². The number of nitrogens with two attached hydrogens (primary N) is 1. The fourth-order valence-corrected chi connectivity index (χ4v) is 2.14. The minimum Gasteiger partial charge on any atom is -0.328 e. The molecule has 0 radical (unpaired) electrons. The summed E-state index contributed by atoms with van der Waals surface area (Å²) < 4.78 is 1.92. The highest BCUT2D eigenvalue weighted by molar-refractivity contribution is 5.64. The van der Waals surface area contributed by atoms with Gasteiger partial charge in [-0.15, -0.1) is 0 Å². The number of hydrogen-bond acceptors (Lipinski definition) is 2. The Bertz CT molecular complexity index is 512. The van der Waals surface area contributed by atoms with Gasteiger partial charge in [-0.2, -0.15) is 5.10 Å². The standard InChI is InChI=1S/C14H19N3/c1-10-5-4-6-12(7-10)14-13(8-11(2)15)9-16-17(14)3/h4-7,9,11H,8,15H2,1-3H3. The summed E-state index contributed by atoms with van der Waals surface area (Å²) in [6, 6.07) is 8.64. The van der Waals surface area contributed by atoms with Gasteiger partial charge in [-0.05, 0) is 31.9 Å². The van der Waals surface area contributed by atoms with E-state index < -0.39 is 0 Å². The van der Waals surface area contributed by atoms with Gasteiger partial charge in [0, 0.05) is 18.7 Å². The molecule has 1 aromatic carbocycles. The van der Waals surface area contributed by atoms with E-state index in [0.29, 0.717) is 0 Å². The molecule has 17 heavy (non-hydrogen) atoms. The van der Waals surface area contributed by atoms with Crippen LogP contribution in [-0.4, -0.2) is 15.8 Å². The molecule has 3 heteroatoms. The first-order valence-corrected chi connectivity index (χ1v) is 5.91. The normalized spacial score (nSPS) is 12.7. The monoisotopic (exact) mass is 229 g/mol. The lowest BCUT2D eigenvalue weighted by atomic mass is 10.0. The average molecular weight is 229 g/mol. The third-order valence-electron chi connectivity index (χ3n) is 2.85. The molecule has 0 spiro atoms. The first-order valence-electron chi connectivity index (χ1n) is 5.91. The Balaban J connectivity index is 2.47. The van der Waals surface area contributed by atoms with Gasteiger partial charge in [0.05, 0.1) is 11.9 Å². The van der Waals surface area contributed by atoms with Crippen molar-refractivity contribution in [2.24, 2.45) is 12.8 Å². The second-order valence-corrected chi connectivity index (χ2v) is 4.69. The van der Waals surface area contributed by atoms with Gasteiger partial charge in [0.1, 0.15) is 0 Å². The minimum absolute atomic E-state index is 0.155. The van der Waals surface area contributed by atoms with Crippen molar-refractivity contribution >= 4 is 0 Å². The number of nitrogens with zero attached hydrogens (tertiary/aromatic N) is 2. The van der Waals surface area contributed by atoms with E-state index in [1.54, 1.807) is 0 Å². The van der Waals surface area contributed by atoms with Gasteiger partial charge in [0.15, 0.2) is 0 Å². The molecule has 0 saturated heterocycles. The Hall–Kier alpha value is -1.61. The quantitative estimate of drug-likeness (QED) is 0.877. The molecule has 90 valence electrons. The average Bonchev–Trinajstić information content (AvgIpc) is 2.59. The maximum Gasteiger partial charge on any atom is 0.0711 e. The summed E-state index contributed by atoms with van der Waals surface area (Å²) >= 11 is 0. The molecular formula is C14H19N3. The van der Waals surface area contributed by atoms with Gasteiger partial charge in [-0.1, -0.05) is 23.8 Å². The number of hydrogen-bond donors (Lipinski definition) is 1. The Morgan fingerprint density at radius 1 is 1.41 bits per heavy atom. The Labute approximate surface area is 102 Å². The highest BCUT2D eigenvalue weighted by atomic mass is 15.3. The highest BCUT2D eigenvalue weighted by Gasteiger charge is 2.12. The van der Waals surface area contributed by atoms with Crippen molar-refractivity contribution in [1.82, 2.24) is 9.78 Å². The van der Waals surface area contributed by atoms with Crippen molar-refractivity contribution < 1.29 is 0 Å². The summed E-state index contributed by atoms with van der Waals surface area (Å²) in [5.74, 6) is 0. The predicted molar refractivity (Wildman–Crippen MR) is 70.7 cm³/mol. The molecule has 1 unspecified atom stereocenters. The van der Waals surface area contributed by atoms with Crippen LogP contribution in [0, 0.1) is 6.92 Å². The molecule has 0 aliphatic rings. The summed E-state index contributed by atoms with van der Waals surface area (Å²) in [6.45, 7) is 4.12. The van der Waals surface area contributed by atoms with Crippen LogP contribution in [0.3, 0.4) is 0 Å². The number of rotatable bonds is 3. The molecule has 0 aliphatic heterocycles. The lowest BCUT2D eigenvalue weighted by molar-refractivity contribution is 0.737. The van der Waals surface area contributed by atoms with Crippen LogP contribution in [0.4, 0.5) is 0 Å². The van der Waals surface area contributed by atoms with E-state index in [1.165, 1.54) is 22.4 Å². The molecular weight excluding hydrogens is 210 g/mol. The van der Waals surface area contributed by atoms with E-state index in [2.05, 4.69) is 36.3 Å². The van der Waals surface area contributed by atoms with Crippen molar-refractivity contribution in [2.45, 2.75) is 26.3 Å². The predicted octanol–water partition coefficient (Wildman–Crippen LogP) is 2.29. The van der Waals surface area contributed by atoms with Crippen LogP contribution in [0.1, 0.15) is 18.1 Å². The lowest BCUT2D eigenvalue weighted by Crippen LogP contribution is -2.18. The SMILES string of the molecule is Cc1cccc(-c2c(CC(C)N)cnn2C)c1. The molecule has 0 saturated carbocycles. The zero-order valence-electron chi connectivity index (χ0n) is 10.6. The van der Waals surface area contributed by atoms with Gasteiger partial charge in [-0.3, -0.25) is 4.68 Å². The van der Waals surface area contributed by atoms with Crippen LogP contribution in [0.2, 0.25) is 0 Å². The maximum atomic E-state index is 5.87. The fraction of sp³-hybridized carbons (Fsp3) is 0.357. The zero-order valence-corrected chi connectivity index (χ0v) is 10.6. The van der Waals surface area contributed by atoms with Crippen LogP contribution in [0.5, 0.6) is 0 Å². The maximum absolute atomic E-state index is 5.87. The Morgan fingerprint density at radius 3 is 2.82 bits per heavy atom. The van der Waals surface area contributed by atoms with Crippen molar-refractivity contribution in [2.75, 3.05) is 0 Å². The van der Waals surface area contributed by atoms with E-state index in [9.17, 15) is 0 Å². The molecule has 2 rings (SSSR count). The third kappa shape index (κ3) is 2.56. The second kappa shape index (κ2) is 4.72. The van der Waals surface area contributed by atoms with Gasteiger partial charge in [-0.25, -0.2) is 0 Å². The summed E-state index contributed by atoms with van der Waals surface area (Å²) in [7, 11) is 1.97. The molecule has 1 heterocycles. The van der Waals surface area contributed by atoms with Crippen LogP contribution in [0.15, 0.2) is 30.5 Å². The summed E-state index contributed by atoms with van der Waals surface area (Å²) in [6.07, 6.45) is 2.78. The van der Waals surface area contributed by atoms with Gasteiger partial charge >= 0.3 is 0 Å². The molecule has 0 aliphatic carbocycles. The first-order chi connectivity index (χ1) is 8.08. The summed E-state index contributed by atoms with van der Waals surface area (Å²) in [5.41, 5.74) is 10.7. The van der Waals surface area contributed by atoms with E-state index in [-0.39, 0.29) is 6.04 Å². The third-order valence-corrected chi connectivity index (χ3v) is 2.85. The zero-order chi connectivity index (χ0) is 12.4. The van der Waals surface area contributed by atoms with Gasteiger partial charge in [0.2, 0.25) is 0 Å². The number of aromatic nitrogens is 2. The Morgan fingerprint density at radius 2 is 2.18 bits per heavy atom. The smallest absolute Gasteiger partial charge is 0.0711 e. The first kappa shape index (κ1) is 11.9. The molecule has 1 atom stereocenters. The largest absolute Gasteiger partial charge is 0.328 e. The molecule has 1 aromatic heterocycles. The van der Waals surface area contributed by atoms with Crippen molar-refractivity contribution in [1.29, 1.82) is 0 Å². The van der Waals surface area contributed by atoms with Crippen molar-refractivity contribution in [3.05, 3.63) is 41.6 Å². The fourth-order valence-electron chi connectivity index (χ4n) is 2.14. The topological polar surface area (TPSA) is 43.8 Å². The minimum atomic E-state index is 0.155. The molecule has 0 bridgehead atoms. The van der Waals surface area contributed by atoms with Gasteiger partial charge < -0.3 is 5.73 Å². The van der Waals surface area contributed by atoms with E-state index >= 15 is 0 Å².